The summed E-state index contributed by atoms with van der Waals surface area (Å²) >= 11 is 0. The smallest absolute Gasteiger partial charge is 0.191 e. The molecule has 26 heavy (non-hydrogen) atoms. The molecule has 6 nitrogen and oxygen atoms in total. The largest absolute Gasteiger partial charge is 0.381 e. The van der Waals surface area contributed by atoms with Crippen LogP contribution in [0.4, 0.5) is 0 Å². The highest BCUT2D eigenvalue weighted by Gasteiger charge is 2.41. The number of guanidine groups is 1. The van der Waals surface area contributed by atoms with E-state index in [9.17, 15) is 0 Å². The van der Waals surface area contributed by atoms with Crippen molar-refractivity contribution in [1.29, 1.82) is 0 Å². The third-order valence-corrected chi connectivity index (χ3v) is 6.35. The number of rotatable bonds is 5. The molecule has 2 saturated heterocycles. The Morgan fingerprint density at radius 2 is 1.81 bits per heavy atom. The van der Waals surface area contributed by atoms with E-state index in [4.69, 9.17) is 9.47 Å². The number of halogens is 1. The van der Waals surface area contributed by atoms with Crippen LogP contribution in [0.3, 0.4) is 0 Å². The number of nitrogens with one attached hydrogen (secondary N) is 2. The molecule has 0 spiro atoms. The van der Waals surface area contributed by atoms with Crippen LogP contribution in [0.2, 0.25) is 0 Å². The lowest BCUT2D eigenvalue weighted by Crippen LogP contribution is -2.58. The van der Waals surface area contributed by atoms with Crippen molar-refractivity contribution in [2.45, 2.75) is 69.1 Å². The number of aliphatic imine (C=N–C) groups is 1. The maximum atomic E-state index is 5.55. The number of ether oxygens (including phenoxy) is 2. The van der Waals surface area contributed by atoms with Gasteiger partial charge in [0.2, 0.25) is 0 Å². The predicted molar refractivity (Wildman–Crippen MR) is 117 cm³/mol. The van der Waals surface area contributed by atoms with Gasteiger partial charge in [-0.05, 0) is 38.5 Å². The lowest BCUT2D eigenvalue weighted by atomic mass is 9.91. The zero-order valence-electron chi connectivity index (χ0n) is 16.5. The Hall–Kier alpha value is -0.120. The Bertz CT molecular complexity index is 429. The first-order chi connectivity index (χ1) is 12.3. The van der Waals surface area contributed by atoms with E-state index < -0.39 is 0 Å². The molecule has 152 valence electrons. The van der Waals surface area contributed by atoms with Crippen molar-refractivity contribution < 1.29 is 9.47 Å². The van der Waals surface area contributed by atoms with E-state index in [2.05, 4.69) is 20.5 Å². The van der Waals surface area contributed by atoms with E-state index in [1.54, 1.807) is 0 Å². The van der Waals surface area contributed by atoms with E-state index in [-0.39, 0.29) is 24.0 Å². The van der Waals surface area contributed by atoms with Gasteiger partial charge in [0, 0.05) is 58.6 Å². The minimum atomic E-state index is 0. The fraction of sp³-hybridized carbons (Fsp3) is 0.947. The maximum Gasteiger partial charge on any atom is 0.191 e. The SMILES string of the molecule is CN=C(NCC1(N2CCC(OC)CC2)CCCC1)NC1CCOCC1.I. The molecule has 2 N–H and O–H groups in total. The Balaban J connectivity index is 0.00000243. The number of hydrogen-bond donors (Lipinski definition) is 2. The summed E-state index contributed by atoms with van der Waals surface area (Å²) in [6, 6.07) is 0.483. The number of methoxy groups -OCH3 is 1. The van der Waals surface area contributed by atoms with E-state index >= 15 is 0 Å². The molecular formula is C19H37IN4O2. The summed E-state index contributed by atoms with van der Waals surface area (Å²) in [7, 11) is 3.72. The fourth-order valence-electron chi connectivity index (χ4n) is 4.68. The van der Waals surface area contributed by atoms with Gasteiger partial charge in [-0.2, -0.15) is 0 Å². The molecule has 1 aliphatic carbocycles. The van der Waals surface area contributed by atoms with E-state index in [0.717, 1.165) is 64.5 Å². The molecule has 3 rings (SSSR count). The molecule has 3 aliphatic rings. The first-order valence-electron chi connectivity index (χ1n) is 10.1. The van der Waals surface area contributed by atoms with Gasteiger partial charge in [0.05, 0.1) is 6.10 Å². The molecule has 7 heteroatoms. The van der Waals surface area contributed by atoms with Gasteiger partial charge in [0.15, 0.2) is 5.96 Å². The van der Waals surface area contributed by atoms with Crippen molar-refractivity contribution in [3.05, 3.63) is 0 Å². The average Bonchev–Trinajstić information content (AvgIpc) is 3.16. The molecule has 0 bridgehead atoms. The number of piperidine rings is 1. The van der Waals surface area contributed by atoms with Crippen LogP contribution in [0.5, 0.6) is 0 Å². The molecular weight excluding hydrogens is 443 g/mol. The van der Waals surface area contributed by atoms with Crippen LogP contribution < -0.4 is 10.6 Å². The van der Waals surface area contributed by atoms with E-state index in [1.165, 1.54) is 25.7 Å². The highest BCUT2D eigenvalue weighted by Crippen LogP contribution is 2.36. The van der Waals surface area contributed by atoms with Crippen molar-refractivity contribution in [2.75, 3.05) is 47.0 Å². The lowest BCUT2D eigenvalue weighted by molar-refractivity contribution is -0.00168. The summed E-state index contributed by atoms with van der Waals surface area (Å²) in [5.74, 6) is 0.949. The second-order valence-electron chi connectivity index (χ2n) is 7.81. The third-order valence-electron chi connectivity index (χ3n) is 6.35. The average molecular weight is 480 g/mol. The zero-order chi connectivity index (χ0) is 17.5. The molecule has 0 aromatic carbocycles. The minimum absolute atomic E-state index is 0. The van der Waals surface area contributed by atoms with Crippen molar-refractivity contribution >= 4 is 29.9 Å². The van der Waals surface area contributed by atoms with Crippen LogP contribution in [0.25, 0.3) is 0 Å². The molecule has 0 atom stereocenters. The topological polar surface area (TPSA) is 58.1 Å². The summed E-state index contributed by atoms with van der Waals surface area (Å²) in [5, 5.41) is 7.23. The molecule has 0 aromatic heterocycles. The fourth-order valence-corrected chi connectivity index (χ4v) is 4.68. The van der Waals surface area contributed by atoms with Gasteiger partial charge in [-0.25, -0.2) is 0 Å². The van der Waals surface area contributed by atoms with Crippen LogP contribution in [0.15, 0.2) is 4.99 Å². The molecule has 0 radical (unpaired) electrons. The van der Waals surface area contributed by atoms with Gasteiger partial charge >= 0.3 is 0 Å². The Morgan fingerprint density at radius 3 is 2.38 bits per heavy atom. The Labute approximate surface area is 175 Å². The molecule has 2 aliphatic heterocycles. The minimum Gasteiger partial charge on any atom is -0.381 e. The summed E-state index contributed by atoms with van der Waals surface area (Å²) in [6.45, 7) is 5.02. The van der Waals surface area contributed by atoms with Crippen molar-refractivity contribution in [3.8, 4) is 0 Å². The third kappa shape index (κ3) is 5.69. The second-order valence-corrected chi connectivity index (χ2v) is 7.81. The van der Waals surface area contributed by atoms with Gasteiger partial charge in [-0.1, -0.05) is 12.8 Å². The van der Waals surface area contributed by atoms with Crippen molar-refractivity contribution in [1.82, 2.24) is 15.5 Å². The van der Waals surface area contributed by atoms with Crippen molar-refractivity contribution in [3.63, 3.8) is 0 Å². The Kier molecular flexibility index (Phi) is 9.40. The van der Waals surface area contributed by atoms with Gasteiger partial charge in [-0.15, -0.1) is 24.0 Å². The molecule has 3 fully saturated rings. The van der Waals surface area contributed by atoms with Gasteiger partial charge < -0.3 is 20.1 Å². The standard InChI is InChI=1S/C19H36N4O2.HI/c1-20-18(22-16-7-13-25-14-8-16)21-15-19(9-3-4-10-19)23-11-5-17(24-2)6-12-23;/h16-17H,3-15H2,1-2H3,(H2,20,21,22);1H. The van der Waals surface area contributed by atoms with Crippen LogP contribution in [-0.2, 0) is 9.47 Å². The Morgan fingerprint density at radius 1 is 1.15 bits per heavy atom. The zero-order valence-corrected chi connectivity index (χ0v) is 18.8. The first kappa shape index (κ1) is 22.2. The van der Waals surface area contributed by atoms with Crippen LogP contribution >= 0.6 is 24.0 Å². The first-order valence-corrected chi connectivity index (χ1v) is 10.1. The number of nitrogens with zero attached hydrogens (tertiary/aromatic N) is 2. The molecule has 2 heterocycles. The molecule has 0 amide bonds. The van der Waals surface area contributed by atoms with E-state index in [1.807, 2.05) is 14.2 Å². The molecule has 0 aromatic rings. The monoisotopic (exact) mass is 480 g/mol. The van der Waals surface area contributed by atoms with Crippen LogP contribution in [0.1, 0.15) is 51.4 Å². The summed E-state index contributed by atoms with van der Waals surface area (Å²) < 4.78 is 11.0. The molecule has 1 saturated carbocycles. The highest BCUT2D eigenvalue weighted by atomic mass is 127. The molecule has 0 unspecified atom stereocenters. The lowest BCUT2D eigenvalue weighted by Gasteiger charge is -2.45. The van der Waals surface area contributed by atoms with Gasteiger partial charge in [0.1, 0.15) is 0 Å². The summed E-state index contributed by atoms with van der Waals surface area (Å²) in [5.41, 5.74) is 0.298. The predicted octanol–water partition coefficient (Wildman–Crippen LogP) is 2.37. The van der Waals surface area contributed by atoms with Gasteiger partial charge in [-0.3, -0.25) is 9.89 Å². The second kappa shape index (κ2) is 11.0. The van der Waals surface area contributed by atoms with Crippen LogP contribution in [0, 0.1) is 0 Å². The maximum absolute atomic E-state index is 5.55. The number of hydrogen-bond acceptors (Lipinski definition) is 4. The quantitative estimate of drug-likeness (QED) is 0.360. The number of likely N-dealkylation sites (tertiary alicyclic amines) is 1. The van der Waals surface area contributed by atoms with Crippen molar-refractivity contribution in [2.24, 2.45) is 4.99 Å². The summed E-state index contributed by atoms with van der Waals surface area (Å²) in [4.78, 5) is 7.19. The normalized spacial score (nSPS) is 25.7. The van der Waals surface area contributed by atoms with Crippen LogP contribution in [-0.4, -0.2) is 75.5 Å². The summed E-state index contributed by atoms with van der Waals surface area (Å²) in [6.07, 6.45) is 10.2. The highest BCUT2D eigenvalue weighted by molar-refractivity contribution is 14.0. The van der Waals surface area contributed by atoms with E-state index in [0.29, 0.717) is 17.7 Å². The van der Waals surface area contributed by atoms with Gasteiger partial charge in [0.25, 0.3) is 0 Å².